The molecule has 0 aromatic heterocycles. The van der Waals surface area contributed by atoms with Gasteiger partial charge in [0.1, 0.15) is 23.2 Å². The van der Waals surface area contributed by atoms with Gasteiger partial charge in [-0.25, -0.2) is 9.59 Å². The summed E-state index contributed by atoms with van der Waals surface area (Å²) < 4.78 is 0. The van der Waals surface area contributed by atoms with E-state index in [1.807, 2.05) is 0 Å². The maximum absolute atomic E-state index is 10.7. The molecular formula is C39H32O4PS2+. The molecule has 6 aromatic carbocycles. The van der Waals surface area contributed by atoms with Crippen molar-refractivity contribution in [2.45, 2.75) is 16.0 Å². The van der Waals surface area contributed by atoms with Crippen LogP contribution in [0.2, 0.25) is 0 Å². The Hall–Kier alpha value is -4.61. The van der Waals surface area contributed by atoms with Crippen LogP contribution in [0, 0.1) is 0 Å². The lowest BCUT2D eigenvalue weighted by molar-refractivity contribution is 0.0686. The fraction of sp³-hybridized carbons (Fsp3) is 0.0256. The monoisotopic (exact) mass is 659 g/mol. The van der Waals surface area contributed by atoms with Crippen LogP contribution in [-0.2, 0) is 6.16 Å². The molecule has 4 nitrogen and oxygen atoms in total. The van der Waals surface area contributed by atoms with Crippen molar-refractivity contribution in [3.63, 3.8) is 0 Å². The van der Waals surface area contributed by atoms with Gasteiger partial charge in [-0.3, -0.25) is 0 Å². The Bertz CT molecular complexity index is 1680. The molecule has 0 bridgehead atoms. The summed E-state index contributed by atoms with van der Waals surface area (Å²) in [5.74, 6) is -1.89. The Labute approximate surface area is 277 Å². The molecule has 6 rings (SSSR count). The van der Waals surface area contributed by atoms with Gasteiger partial charge in [0, 0.05) is 9.79 Å². The quantitative estimate of drug-likeness (QED) is 0.113. The molecule has 0 atom stereocenters. The minimum absolute atomic E-state index is 0.255. The van der Waals surface area contributed by atoms with Crippen LogP contribution in [-0.4, -0.2) is 22.2 Å². The molecule has 0 heterocycles. The first kappa shape index (κ1) is 32.8. The van der Waals surface area contributed by atoms with Crippen LogP contribution >= 0.6 is 28.9 Å². The van der Waals surface area contributed by atoms with Gasteiger partial charge in [0.25, 0.3) is 0 Å². The van der Waals surface area contributed by atoms with Crippen LogP contribution in [0.5, 0.6) is 0 Å². The van der Waals surface area contributed by atoms with E-state index in [0.29, 0.717) is 0 Å². The Morgan fingerprint density at radius 3 is 1.04 bits per heavy atom. The molecule has 0 radical (unpaired) electrons. The summed E-state index contributed by atoms with van der Waals surface area (Å²) >= 11 is 0. The van der Waals surface area contributed by atoms with Crippen LogP contribution in [0.4, 0.5) is 0 Å². The molecule has 7 heteroatoms. The van der Waals surface area contributed by atoms with Gasteiger partial charge < -0.3 is 10.2 Å². The van der Waals surface area contributed by atoms with E-state index in [4.69, 9.17) is 10.2 Å². The molecule has 0 unspecified atom stereocenters. The molecule has 0 aliphatic heterocycles. The highest BCUT2D eigenvalue weighted by Crippen LogP contribution is 2.58. The number of carbonyl (C=O) groups is 2. The van der Waals surface area contributed by atoms with Gasteiger partial charge in [-0.05, 0) is 90.5 Å². The second kappa shape index (κ2) is 16.1. The molecule has 0 spiro atoms. The lowest BCUT2D eigenvalue weighted by Crippen LogP contribution is -2.32. The highest BCUT2D eigenvalue weighted by molar-refractivity contribution is 8.76. The normalized spacial score (nSPS) is 10.8. The van der Waals surface area contributed by atoms with E-state index in [1.165, 1.54) is 43.1 Å². The highest BCUT2D eigenvalue weighted by Gasteiger charge is 2.45. The number of carboxylic acid groups (broad SMARTS) is 2. The molecule has 2 N–H and O–H groups in total. The van der Waals surface area contributed by atoms with E-state index in [2.05, 4.69) is 121 Å². The van der Waals surface area contributed by atoms with Crippen molar-refractivity contribution in [2.75, 3.05) is 0 Å². The summed E-state index contributed by atoms with van der Waals surface area (Å²) in [4.78, 5) is 23.3. The highest BCUT2D eigenvalue weighted by atomic mass is 33.1. The molecule has 0 amide bonds. The maximum Gasteiger partial charge on any atom is 0.335 e. The SMILES string of the molecule is O=C(O)c1ccc(SSc2ccc(C(=O)O)cc2)cc1.c1ccc(C[P+](c2ccccc2)(c2ccccc2)c2ccccc2)cc1. The number of aromatic carboxylic acids is 2. The van der Waals surface area contributed by atoms with Crippen molar-refractivity contribution in [1.29, 1.82) is 0 Å². The lowest BCUT2D eigenvalue weighted by atomic mass is 10.2. The average molecular weight is 660 g/mol. The zero-order chi connectivity index (χ0) is 32.2. The number of rotatable bonds is 10. The van der Waals surface area contributed by atoms with E-state index in [-0.39, 0.29) is 11.1 Å². The van der Waals surface area contributed by atoms with Crippen LogP contribution in [0.1, 0.15) is 26.3 Å². The molecule has 0 saturated carbocycles. The van der Waals surface area contributed by atoms with Gasteiger partial charge in [0.05, 0.1) is 17.3 Å². The predicted molar refractivity (Wildman–Crippen MR) is 194 cm³/mol. The lowest BCUT2D eigenvalue weighted by Gasteiger charge is -2.27. The summed E-state index contributed by atoms with van der Waals surface area (Å²) in [6.07, 6.45) is 1.03. The maximum atomic E-state index is 10.7. The van der Waals surface area contributed by atoms with Gasteiger partial charge in [0.2, 0.25) is 0 Å². The van der Waals surface area contributed by atoms with E-state index < -0.39 is 19.2 Å². The zero-order valence-electron chi connectivity index (χ0n) is 24.8. The number of hydrogen-bond acceptors (Lipinski definition) is 4. The first-order valence-electron chi connectivity index (χ1n) is 14.6. The zero-order valence-corrected chi connectivity index (χ0v) is 27.4. The van der Waals surface area contributed by atoms with E-state index in [9.17, 15) is 9.59 Å². The number of hydrogen-bond donors (Lipinski definition) is 2. The van der Waals surface area contributed by atoms with Crippen LogP contribution in [0.25, 0.3) is 0 Å². The predicted octanol–water partition coefficient (Wildman–Crippen LogP) is 9.06. The first-order chi connectivity index (χ1) is 22.5. The third-order valence-electron chi connectivity index (χ3n) is 7.29. The van der Waals surface area contributed by atoms with E-state index in [1.54, 1.807) is 48.5 Å². The fourth-order valence-electron chi connectivity index (χ4n) is 5.03. The minimum atomic E-state index is -1.78. The summed E-state index contributed by atoms with van der Waals surface area (Å²) in [6, 6.07) is 57.2. The second-order valence-electron chi connectivity index (χ2n) is 10.3. The molecule has 6 aromatic rings. The second-order valence-corrected chi connectivity index (χ2v) is 16.0. The third-order valence-corrected chi connectivity index (χ3v) is 14.1. The molecule has 0 fully saturated rings. The fourth-order valence-corrected chi connectivity index (χ4v) is 11.2. The smallest absolute Gasteiger partial charge is 0.335 e. The largest absolute Gasteiger partial charge is 0.478 e. The van der Waals surface area contributed by atoms with Crippen molar-refractivity contribution < 1.29 is 19.8 Å². The summed E-state index contributed by atoms with van der Waals surface area (Å²) in [6.45, 7) is 0. The topological polar surface area (TPSA) is 74.6 Å². The summed E-state index contributed by atoms with van der Waals surface area (Å²) in [5.41, 5.74) is 1.90. The molecular weight excluding hydrogens is 628 g/mol. The molecule has 0 saturated heterocycles. The van der Waals surface area contributed by atoms with Gasteiger partial charge in [-0.1, -0.05) is 107 Å². The molecule has 228 valence electrons. The van der Waals surface area contributed by atoms with Crippen molar-refractivity contribution >= 4 is 56.7 Å². The number of carboxylic acids is 2. The van der Waals surface area contributed by atoms with Crippen molar-refractivity contribution in [3.8, 4) is 0 Å². The van der Waals surface area contributed by atoms with Gasteiger partial charge in [0.15, 0.2) is 0 Å². The van der Waals surface area contributed by atoms with Crippen LogP contribution < -0.4 is 15.9 Å². The van der Waals surface area contributed by atoms with E-state index >= 15 is 0 Å². The van der Waals surface area contributed by atoms with Crippen molar-refractivity contribution in [1.82, 2.24) is 0 Å². The Morgan fingerprint density at radius 1 is 0.435 bits per heavy atom. The number of benzene rings is 6. The Balaban J connectivity index is 0.000000188. The molecule has 46 heavy (non-hydrogen) atoms. The first-order valence-corrected chi connectivity index (χ1v) is 18.7. The van der Waals surface area contributed by atoms with Gasteiger partial charge >= 0.3 is 11.9 Å². The van der Waals surface area contributed by atoms with E-state index in [0.717, 1.165) is 16.0 Å². The standard InChI is InChI=1S/C25H22P.C14H10O4S2/c1-5-13-22(14-6-1)21-26(23-15-7-2-8-16-23,24-17-9-3-10-18-24)25-19-11-4-12-20-25;15-13(16)9-1-5-11(6-2-9)19-20-12-7-3-10(4-8-12)14(17)18/h1-20H,21H2;1-8H,(H,15,16)(H,17,18)/q+1;. The van der Waals surface area contributed by atoms with Crippen LogP contribution in [0.3, 0.4) is 0 Å². The Morgan fingerprint density at radius 2 is 0.739 bits per heavy atom. The molecule has 0 aliphatic rings. The average Bonchev–Trinajstić information content (AvgIpc) is 3.12. The van der Waals surface area contributed by atoms with Gasteiger partial charge in [-0.2, -0.15) is 0 Å². The van der Waals surface area contributed by atoms with Crippen molar-refractivity contribution in [3.05, 3.63) is 187 Å². The summed E-state index contributed by atoms with van der Waals surface area (Å²) in [5, 5.41) is 21.9. The summed E-state index contributed by atoms with van der Waals surface area (Å²) in [7, 11) is 1.19. The van der Waals surface area contributed by atoms with Crippen molar-refractivity contribution in [2.24, 2.45) is 0 Å². The van der Waals surface area contributed by atoms with Crippen LogP contribution in [0.15, 0.2) is 180 Å². The van der Waals surface area contributed by atoms with Gasteiger partial charge in [-0.15, -0.1) is 0 Å². The third kappa shape index (κ3) is 8.35. The molecule has 0 aliphatic carbocycles. The Kier molecular flexibility index (Phi) is 11.5. The minimum Gasteiger partial charge on any atom is -0.478 e.